The molecule has 0 saturated carbocycles. The third kappa shape index (κ3) is 4.45. The van der Waals surface area contributed by atoms with Crippen LogP contribution in [0.25, 0.3) is 0 Å². The molecule has 3 unspecified atom stereocenters. The highest BCUT2D eigenvalue weighted by molar-refractivity contribution is 5.82. The minimum absolute atomic E-state index is 0.0118. The lowest BCUT2D eigenvalue weighted by Crippen LogP contribution is -2.53. The molecule has 1 fully saturated rings. The first-order chi connectivity index (χ1) is 9.86. The van der Waals surface area contributed by atoms with Crippen molar-refractivity contribution in [2.24, 2.45) is 5.92 Å². The largest absolute Gasteiger partial charge is 0.393 e. The molecule has 0 spiro atoms. The second-order valence-corrected chi connectivity index (χ2v) is 5.41. The van der Waals surface area contributed by atoms with Crippen LogP contribution in [0.3, 0.4) is 0 Å². The van der Waals surface area contributed by atoms with Gasteiger partial charge in [0.25, 0.3) is 0 Å². The Morgan fingerprint density at radius 2 is 2.29 bits per heavy atom. The van der Waals surface area contributed by atoms with Crippen molar-refractivity contribution in [1.82, 2.24) is 20.4 Å². The summed E-state index contributed by atoms with van der Waals surface area (Å²) in [6.45, 7) is 2.16. The molecule has 1 aromatic rings. The molecule has 1 amide bonds. The number of aromatic nitrogens is 2. The van der Waals surface area contributed by atoms with Crippen molar-refractivity contribution in [2.45, 2.75) is 44.6 Å². The first kappa shape index (κ1) is 15.8. The number of carbonyl (C=O) groups is 1. The summed E-state index contributed by atoms with van der Waals surface area (Å²) in [5, 5.41) is 9.52. The van der Waals surface area contributed by atoms with Crippen molar-refractivity contribution in [3.05, 3.63) is 18.5 Å². The van der Waals surface area contributed by atoms with E-state index >= 15 is 0 Å². The van der Waals surface area contributed by atoms with Crippen LogP contribution in [0.15, 0.2) is 18.5 Å². The first-order valence-electron chi connectivity index (χ1n) is 6.94. The summed E-state index contributed by atoms with van der Waals surface area (Å²) in [5.41, 5.74) is 0. The zero-order valence-electron chi connectivity index (χ0n) is 11.7. The van der Waals surface area contributed by atoms with Gasteiger partial charge in [0.1, 0.15) is 0 Å². The number of halogens is 3. The van der Waals surface area contributed by atoms with Crippen LogP contribution in [0.1, 0.15) is 19.8 Å². The van der Waals surface area contributed by atoms with Crippen LogP contribution in [0.4, 0.5) is 13.2 Å². The van der Waals surface area contributed by atoms with Crippen molar-refractivity contribution in [2.75, 3.05) is 6.54 Å². The van der Waals surface area contributed by atoms with Crippen molar-refractivity contribution in [1.29, 1.82) is 0 Å². The van der Waals surface area contributed by atoms with Gasteiger partial charge in [0.15, 0.2) is 0 Å². The third-order valence-electron chi connectivity index (χ3n) is 3.60. The van der Waals surface area contributed by atoms with Gasteiger partial charge in [-0.25, -0.2) is 0 Å². The summed E-state index contributed by atoms with van der Waals surface area (Å²) in [6, 6.07) is 1.09. The molecule has 0 aliphatic carbocycles. The maximum atomic E-state index is 12.5. The van der Waals surface area contributed by atoms with E-state index in [0.717, 1.165) is 0 Å². The number of hydrogen-bond donors (Lipinski definition) is 2. The maximum Gasteiger partial charge on any atom is 0.393 e. The Balaban J connectivity index is 1.77. The lowest BCUT2D eigenvalue weighted by atomic mass is 9.94. The van der Waals surface area contributed by atoms with Gasteiger partial charge in [-0.2, -0.15) is 18.3 Å². The molecule has 3 atom stereocenters. The fraction of sp³-hybridized carbons (Fsp3) is 0.692. The molecule has 0 radical (unpaired) electrons. The normalized spacial score (nSPS) is 24.6. The Bertz CT molecular complexity index is 452. The van der Waals surface area contributed by atoms with Crippen LogP contribution in [-0.2, 0) is 11.3 Å². The van der Waals surface area contributed by atoms with E-state index in [4.69, 9.17) is 0 Å². The van der Waals surface area contributed by atoms with Crippen LogP contribution >= 0.6 is 0 Å². The Kier molecular flexibility index (Phi) is 4.87. The average molecular weight is 304 g/mol. The highest BCUT2D eigenvalue weighted by Gasteiger charge is 2.42. The summed E-state index contributed by atoms with van der Waals surface area (Å²) >= 11 is 0. The molecular weight excluding hydrogens is 285 g/mol. The number of rotatable bonds is 4. The van der Waals surface area contributed by atoms with Crippen molar-refractivity contribution in [3.63, 3.8) is 0 Å². The molecule has 1 aliphatic rings. The van der Waals surface area contributed by atoms with E-state index in [0.29, 0.717) is 6.54 Å². The van der Waals surface area contributed by atoms with Crippen LogP contribution in [0.5, 0.6) is 0 Å². The van der Waals surface area contributed by atoms with Gasteiger partial charge in [-0.05, 0) is 25.8 Å². The lowest BCUT2D eigenvalue weighted by Gasteiger charge is -2.31. The summed E-state index contributed by atoms with van der Waals surface area (Å²) < 4.78 is 39.3. The van der Waals surface area contributed by atoms with Gasteiger partial charge in [-0.1, -0.05) is 0 Å². The van der Waals surface area contributed by atoms with Gasteiger partial charge in [-0.3, -0.25) is 9.48 Å². The lowest BCUT2D eigenvalue weighted by molar-refractivity contribution is -0.180. The van der Waals surface area contributed by atoms with Gasteiger partial charge in [0.2, 0.25) is 5.91 Å². The molecule has 5 nitrogen and oxygen atoms in total. The van der Waals surface area contributed by atoms with Crippen molar-refractivity contribution in [3.8, 4) is 0 Å². The molecule has 2 rings (SSSR count). The summed E-state index contributed by atoms with van der Waals surface area (Å²) in [4.78, 5) is 12.0. The highest BCUT2D eigenvalue weighted by atomic mass is 19.4. The molecule has 0 bridgehead atoms. The van der Waals surface area contributed by atoms with Crippen LogP contribution < -0.4 is 10.6 Å². The standard InChI is InChI=1S/C13H19F3N4O/c1-9(8-20-6-2-5-18-20)19-12(21)11-4-3-10(7-17-11)13(14,15)16/h2,5-6,9-11,17H,3-4,7-8H2,1H3,(H,19,21). The molecular formula is C13H19F3N4O. The summed E-state index contributed by atoms with van der Waals surface area (Å²) in [7, 11) is 0. The maximum absolute atomic E-state index is 12.5. The number of nitrogens with one attached hydrogen (secondary N) is 2. The average Bonchev–Trinajstić information content (AvgIpc) is 2.90. The van der Waals surface area contributed by atoms with Gasteiger partial charge >= 0.3 is 6.18 Å². The Morgan fingerprint density at radius 3 is 2.81 bits per heavy atom. The van der Waals surface area contributed by atoms with E-state index in [1.54, 1.807) is 23.1 Å². The monoisotopic (exact) mass is 304 g/mol. The molecule has 0 aromatic carbocycles. The molecule has 1 aromatic heterocycles. The van der Waals surface area contributed by atoms with E-state index < -0.39 is 18.1 Å². The van der Waals surface area contributed by atoms with E-state index in [1.165, 1.54) is 0 Å². The smallest absolute Gasteiger partial charge is 0.350 e. The number of amides is 1. The Hall–Kier alpha value is -1.57. The van der Waals surface area contributed by atoms with E-state index in [2.05, 4.69) is 15.7 Å². The summed E-state index contributed by atoms with van der Waals surface area (Å²) in [6.07, 6.45) is -0.571. The minimum Gasteiger partial charge on any atom is -0.350 e. The zero-order chi connectivity index (χ0) is 15.5. The van der Waals surface area contributed by atoms with E-state index in [9.17, 15) is 18.0 Å². The van der Waals surface area contributed by atoms with Gasteiger partial charge < -0.3 is 10.6 Å². The molecule has 8 heteroatoms. The quantitative estimate of drug-likeness (QED) is 0.882. The van der Waals surface area contributed by atoms with Crippen LogP contribution in [-0.4, -0.2) is 40.5 Å². The first-order valence-corrected chi connectivity index (χ1v) is 6.94. The van der Waals surface area contributed by atoms with E-state index in [1.807, 2.05) is 6.92 Å². The Labute approximate surface area is 120 Å². The SMILES string of the molecule is CC(Cn1cccn1)NC(=O)C1CCC(C(F)(F)F)CN1. The number of alkyl halides is 3. The fourth-order valence-electron chi connectivity index (χ4n) is 2.44. The van der Waals surface area contributed by atoms with Crippen molar-refractivity contribution >= 4 is 5.91 Å². The van der Waals surface area contributed by atoms with Crippen molar-refractivity contribution < 1.29 is 18.0 Å². The van der Waals surface area contributed by atoms with Gasteiger partial charge in [0, 0.05) is 25.0 Å². The predicted molar refractivity (Wildman–Crippen MR) is 70.4 cm³/mol. The predicted octanol–water partition coefficient (Wildman–Crippen LogP) is 1.32. The number of nitrogens with zero attached hydrogens (tertiary/aromatic N) is 2. The van der Waals surface area contributed by atoms with Gasteiger partial charge in [-0.15, -0.1) is 0 Å². The topological polar surface area (TPSA) is 59.0 Å². The molecule has 1 aliphatic heterocycles. The molecule has 118 valence electrons. The molecule has 2 N–H and O–H groups in total. The molecule has 2 heterocycles. The third-order valence-corrected chi connectivity index (χ3v) is 3.60. The minimum atomic E-state index is -4.19. The van der Waals surface area contributed by atoms with Crippen LogP contribution in [0, 0.1) is 5.92 Å². The second-order valence-electron chi connectivity index (χ2n) is 5.41. The van der Waals surface area contributed by atoms with E-state index in [-0.39, 0.29) is 31.3 Å². The molecule has 1 saturated heterocycles. The van der Waals surface area contributed by atoms with Crippen LogP contribution in [0.2, 0.25) is 0 Å². The summed E-state index contributed by atoms with van der Waals surface area (Å²) in [5.74, 6) is -1.61. The fourth-order valence-corrected chi connectivity index (χ4v) is 2.44. The highest BCUT2D eigenvalue weighted by Crippen LogP contribution is 2.31. The number of piperidine rings is 1. The zero-order valence-corrected chi connectivity index (χ0v) is 11.7. The number of carbonyl (C=O) groups excluding carboxylic acids is 1. The van der Waals surface area contributed by atoms with Gasteiger partial charge in [0.05, 0.1) is 18.5 Å². The number of hydrogen-bond acceptors (Lipinski definition) is 3. The Morgan fingerprint density at radius 1 is 1.52 bits per heavy atom. The second kappa shape index (κ2) is 6.46. The molecule has 21 heavy (non-hydrogen) atoms.